The van der Waals surface area contributed by atoms with Crippen molar-refractivity contribution in [1.82, 2.24) is 4.90 Å². The van der Waals surface area contributed by atoms with Crippen LogP contribution in [0.4, 0.5) is 5.69 Å². The highest BCUT2D eigenvalue weighted by molar-refractivity contribution is 6.00. The Balaban J connectivity index is 2.28. The van der Waals surface area contributed by atoms with Crippen LogP contribution in [0.25, 0.3) is 0 Å². The average Bonchev–Trinajstić information content (AvgIpc) is 2.39. The van der Waals surface area contributed by atoms with E-state index in [4.69, 9.17) is 15.2 Å². The number of carbonyl (C=O) groups is 1. The van der Waals surface area contributed by atoms with Crippen LogP contribution in [0.2, 0.25) is 0 Å². The van der Waals surface area contributed by atoms with Crippen molar-refractivity contribution in [2.75, 3.05) is 32.6 Å². The molecule has 5 nitrogen and oxygen atoms in total. The third kappa shape index (κ3) is 2.26. The van der Waals surface area contributed by atoms with Gasteiger partial charge in [-0.15, -0.1) is 0 Å². The summed E-state index contributed by atoms with van der Waals surface area (Å²) in [6.45, 7) is 3.69. The van der Waals surface area contributed by atoms with Crippen molar-refractivity contribution in [3.05, 3.63) is 23.8 Å². The number of amides is 1. The standard InChI is InChI=1S/C13H18N2O3/c1-9-8-18-7-6-15(9)13(16)10-4-3-5-11(17-2)12(10)14/h3-5,9H,6-8,14H2,1-2H3. The molecule has 1 amide bonds. The van der Waals surface area contributed by atoms with Gasteiger partial charge in [0.15, 0.2) is 0 Å². The predicted octanol–water partition coefficient (Wildman–Crippen LogP) is 1.14. The first-order valence-corrected chi connectivity index (χ1v) is 5.96. The van der Waals surface area contributed by atoms with Gasteiger partial charge in [0.2, 0.25) is 0 Å². The summed E-state index contributed by atoms with van der Waals surface area (Å²) in [4.78, 5) is 14.2. The topological polar surface area (TPSA) is 64.8 Å². The molecule has 0 spiro atoms. The fraction of sp³-hybridized carbons (Fsp3) is 0.462. The van der Waals surface area contributed by atoms with Gasteiger partial charge in [-0.3, -0.25) is 4.79 Å². The number of nitrogens with zero attached hydrogens (tertiary/aromatic N) is 1. The molecule has 1 aromatic carbocycles. The van der Waals surface area contributed by atoms with Crippen molar-refractivity contribution >= 4 is 11.6 Å². The molecule has 2 N–H and O–H groups in total. The van der Waals surface area contributed by atoms with E-state index in [1.54, 1.807) is 23.1 Å². The van der Waals surface area contributed by atoms with Gasteiger partial charge in [0.25, 0.3) is 5.91 Å². The zero-order chi connectivity index (χ0) is 13.1. The number of carbonyl (C=O) groups excluding carboxylic acids is 1. The number of hydrogen-bond donors (Lipinski definition) is 1. The van der Waals surface area contributed by atoms with Crippen LogP contribution in [0, 0.1) is 0 Å². The van der Waals surface area contributed by atoms with Gasteiger partial charge in [-0.25, -0.2) is 0 Å². The highest BCUT2D eigenvalue weighted by Crippen LogP contribution is 2.26. The number of benzene rings is 1. The SMILES string of the molecule is COc1cccc(C(=O)N2CCOCC2C)c1N. The first-order chi connectivity index (χ1) is 8.65. The normalized spacial score (nSPS) is 19.7. The molecule has 1 heterocycles. The van der Waals surface area contributed by atoms with E-state index in [0.29, 0.717) is 36.8 Å². The van der Waals surface area contributed by atoms with Gasteiger partial charge in [-0.2, -0.15) is 0 Å². The maximum absolute atomic E-state index is 12.4. The lowest BCUT2D eigenvalue weighted by atomic mass is 10.1. The zero-order valence-electron chi connectivity index (χ0n) is 10.7. The van der Waals surface area contributed by atoms with Crippen molar-refractivity contribution in [1.29, 1.82) is 0 Å². The van der Waals surface area contributed by atoms with Gasteiger partial charge in [0, 0.05) is 6.54 Å². The molecule has 0 aromatic heterocycles. The highest BCUT2D eigenvalue weighted by Gasteiger charge is 2.26. The number of nitrogen functional groups attached to an aromatic ring is 1. The van der Waals surface area contributed by atoms with E-state index in [9.17, 15) is 4.79 Å². The number of rotatable bonds is 2. The number of hydrogen-bond acceptors (Lipinski definition) is 4. The van der Waals surface area contributed by atoms with Crippen molar-refractivity contribution in [3.63, 3.8) is 0 Å². The average molecular weight is 250 g/mol. The molecule has 1 fully saturated rings. The second-order valence-electron chi connectivity index (χ2n) is 4.34. The molecule has 5 heteroatoms. The number of para-hydroxylation sites is 1. The maximum Gasteiger partial charge on any atom is 0.256 e. The molecule has 0 aliphatic carbocycles. The Bertz CT molecular complexity index is 448. The third-order valence-corrected chi connectivity index (χ3v) is 3.14. The first-order valence-electron chi connectivity index (χ1n) is 5.96. The summed E-state index contributed by atoms with van der Waals surface area (Å²) >= 11 is 0. The van der Waals surface area contributed by atoms with Crippen LogP contribution in [0.15, 0.2) is 18.2 Å². The third-order valence-electron chi connectivity index (χ3n) is 3.14. The Kier molecular flexibility index (Phi) is 3.72. The van der Waals surface area contributed by atoms with E-state index in [0.717, 1.165) is 0 Å². The van der Waals surface area contributed by atoms with E-state index in [2.05, 4.69) is 0 Å². The second kappa shape index (κ2) is 5.27. The quantitative estimate of drug-likeness (QED) is 0.799. The summed E-state index contributed by atoms with van der Waals surface area (Å²) in [5, 5.41) is 0. The predicted molar refractivity (Wildman–Crippen MR) is 68.7 cm³/mol. The summed E-state index contributed by atoms with van der Waals surface area (Å²) in [5.74, 6) is 0.462. The molecular weight excluding hydrogens is 232 g/mol. The van der Waals surface area contributed by atoms with Crippen LogP contribution in [0.5, 0.6) is 5.75 Å². The molecule has 1 saturated heterocycles. The fourth-order valence-electron chi connectivity index (χ4n) is 2.09. The van der Waals surface area contributed by atoms with Crippen LogP contribution < -0.4 is 10.5 Å². The number of ether oxygens (including phenoxy) is 2. The summed E-state index contributed by atoms with van der Waals surface area (Å²) in [7, 11) is 1.54. The van der Waals surface area contributed by atoms with Crippen molar-refractivity contribution in [3.8, 4) is 5.75 Å². The van der Waals surface area contributed by atoms with Crippen LogP contribution in [0.1, 0.15) is 17.3 Å². The van der Waals surface area contributed by atoms with Gasteiger partial charge >= 0.3 is 0 Å². The lowest BCUT2D eigenvalue weighted by Gasteiger charge is -2.33. The number of morpholine rings is 1. The van der Waals surface area contributed by atoms with Gasteiger partial charge in [0.05, 0.1) is 37.6 Å². The van der Waals surface area contributed by atoms with E-state index in [1.165, 1.54) is 7.11 Å². The van der Waals surface area contributed by atoms with Crippen molar-refractivity contribution in [2.24, 2.45) is 0 Å². The Morgan fingerprint density at radius 3 is 3.00 bits per heavy atom. The lowest BCUT2D eigenvalue weighted by molar-refractivity contribution is 0.00364. The highest BCUT2D eigenvalue weighted by atomic mass is 16.5. The first kappa shape index (κ1) is 12.7. The molecule has 1 aliphatic rings. The summed E-state index contributed by atoms with van der Waals surface area (Å²) < 4.78 is 10.5. The van der Waals surface area contributed by atoms with Crippen LogP contribution >= 0.6 is 0 Å². The second-order valence-corrected chi connectivity index (χ2v) is 4.34. The Morgan fingerprint density at radius 1 is 1.56 bits per heavy atom. The monoisotopic (exact) mass is 250 g/mol. The molecule has 18 heavy (non-hydrogen) atoms. The zero-order valence-corrected chi connectivity index (χ0v) is 10.7. The summed E-state index contributed by atoms with van der Waals surface area (Å²) in [6, 6.07) is 5.31. The molecule has 1 aromatic rings. The molecule has 1 atom stereocenters. The minimum absolute atomic E-state index is 0.0665. The Labute approximate surface area is 106 Å². The smallest absolute Gasteiger partial charge is 0.256 e. The molecule has 98 valence electrons. The number of methoxy groups -OCH3 is 1. The number of nitrogens with two attached hydrogens (primary N) is 1. The summed E-state index contributed by atoms with van der Waals surface area (Å²) in [6.07, 6.45) is 0. The van der Waals surface area contributed by atoms with Gasteiger partial charge in [0.1, 0.15) is 5.75 Å². The minimum atomic E-state index is -0.0674. The van der Waals surface area contributed by atoms with Gasteiger partial charge in [-0.1, -0.05) is 6.07 Å². The molecule has 1 unspecified atom stereocenters. The van der Waals surface area contributed by atoms with Gasteiger partial charge in [-0.05, 0) is 19.1 Å². The van der Waals surface area contributed by atoms with E-state index in [1.807, 2.05) is 6.92 Å². The molecule has 1 aliphatic heterocycles. The van der Waals surface area contributed by atoms with Gasteiger partial charge < -0.3 is 20.1 Å². The largest absolute Gasteiger partial charge is 0.495 e. The molecule has 2 rings (SSSR count). The van der Waals surface area contributed by atoms with Crippen LogP contribution in [-0.4, -0.2) is 43.7 Å². The lowest BCUT2D eigenvalue weighted by Crippen LogP contribution is -2.47. The van der Waals surface area contributed by atoms with Crippen molar-refractivity contribution < 1.29 is 14.3 Å². The summed E-state index contributed by atoms with van der Waals surface area (Å²) in [5.41, 5.74) is 6.82. The number of anilines is 1. The van der Waals surface area contributed by atoms with Crippen LogP contribution in [0.3, 0.4) is 0 Å². The molecular formula is C13H18N2O3. The Morgan fingerprint density at radius 2 is 2.33 bits per heavy atom. The maximum atomic E-state index is 12.4. The van der Waals surface area contributed by atoms with E-state index in [-0.39, 0.29) is 11.9 Å². The molecule has 0 bridgehead atoms. The molecule has 0 radical (unpaired) electrons. The Hall–Kier alpha value is -1.75. The van der Waals surface area contributed by atoms with E-state index >= 15 is 0 Å². The fourth-order valence-corrected chi connectivity index (χ4v) is 2.09. The van der Waals surface area contributed by atoms with Crippen LogP contribution in [-0.2, 0) is 4.74 Å². The minimum Gasteiger partial charge on any atom is -0.495 e. The molecule has 0 saturated carbocycles. The van der Waals surface area contributed by atoms with Crippen molar-refractivity contribution in [2.45, 2.75) is 13.0 Å². The van der Waals surface area contributed by atoms with E-state index < -0.39 is 0 Å².